The van der Waals surface area contributed by atoms with Crippen molar-refractivity contribution in [2.75, 3.05) is 7.11 Å². The Hall–Kier alpha value is -0.790. The van der Waals surface area contributed by atoms with E-state index in [2.05, 4.69) is 16.6 Å². The maximum absolute atomic E-state index is 4.35. The molecule has 0 aromatic rings. The second kappa shape index (κ2) is 15.7. The third-order valence-electron chi connectivity index (χ3n) is 0.363. The molecule has 0 aliphatic carbocycles. The van der Waals surface area contributed by atoms with Crippen molar-refractivity contribution in [2.24, 2.45) is 5.16 Å². The van der Waals surface area contributed by atoms with Crippen molar-refractivity contribution >= 4 is 6.21 Å². The first-order chi connectivity index (χ1) is 4.33. The minimum Gasteiger partial charge on any atom is -0.399 e. The number of allylic oxidation sites excluding steroid dienone is 1. The molecule has 0 aliphatic rings. The molecule has 9 heavy (non-hydrogen) atoms. The summed E-state index contributed by atoms with van der Waals surface area (Å²) < 4.78 is 0. The molecule has 2 heteroatoms. The second-order valence-corrected chi connectivity index (χ2v) is 1.29. The van der Waals surface area contributed by atoms with Gasteiger partial charge >= 0.3 is 0 Å². The van der Waals surface area contributed by atoms with E-state index < -0.39 is 0 Å². The highest BCUT2D eigenvalue weighted by molar-refractivity contribution is 5.55. The fourth-order valence-electron chi connectivity index (χ4n) is 0.149. The lowest BCUT2D eigenvalue weighted by atomic mass is 10.6. The highest BCUT2D eigenvalue weighted by atomic mass is 16.6. The summed E-state index contributed by atoms with van der Waals surface area (Å²) in [6.45, 7) is 7.25. The van der Waals surface area contributed by atoms with Gasteiger partial charge in [0.15, 0.2) is 0 Å². The third kappa shape index (κ3) is 40.1. The Morgan fingerprint density at radius 1 is 1.67 bits per heavy atom. The van der Waals surface area contributed by atoms with Crippen LogP contribution in [0.1, 0.15) is 20.3 Å². The van der Waals surface area contributed by atoms with Crippen LogP contribution in [0.15, 0.2) is 17.8 Å². The van der Waals surface area contributed by atoms with E-state index in [9.17, 15) is 0 Å². The van der Waals surface area contributed by atoms with Gasteiger partial charge in [0.2, 0.25) is 0 Å². The van der Waals surface area contributed by atoms with Crippen LogP contribution in [0.4, 0.5) is 0 Å². The maximum atomic E-state index is 4.35. The van der Waals surface area contributed by atoms with Crippen LogP contribution in [0.3, 0.4) is 0 Å². The summed E-state index contributed by atoms with van der Waals surface area (Å²) >= 11 is 0. The zero-order valence-corrected chi connectivity index (χ0v) is 6.42. The molecule has 0 saturated heterocycles. The lowest BCUT2D eigenvalue weighted by Crippen LogP contribution is -1.68. The molecule has 54 valence electrons. The number of hydrogen-bond donors (Lipinski definition) is 0. The molecule has 0 atom stereocenters. The van der Waals surface area contributed by atoms with Crippen LogP contribution in [-0.2, 0) is 4.84 Å². The van der Waals surface area contributed by atoms with Crippen LogP contribution in [0.25, 0.3) is 0 Å². The summed E-state index contributed by atoms with van der Waals surface area (Å²) in [7, 11) is 1.53. The predicted octanol–water partition coefficient (Wildman–Crippen LogP) is 2.22. The lowest BCUT2D eigenvalue weighted by molar-refractivity contribution is 0.214. The van der Waals surface area contributed by atoms with Crippen molar-refractivity contribution in [1.29, 1.82) is 0 Å². The SMILES string of the molecule is C=CC.CC/C=N\OC. The van der Waals surface area contributed by atoms with Gasteiger partial charge in [-0.25, -0.2) is 0 Å². The standard InChI is InChI=1S/C4H9NO.C3H6/c1-3-4-5-6-2;1-3-2/h4H,3H2,1-2H3;3H,1H2,2H3/b5-4-;. The summed E-state index contributed by atoms with van der Waals surface area (Å²) in [4.78, 5) is 4.35. The molecule has 0 bridgehead atoms. The Bertz CT molecular complexity index is 63.3. The minimum absolute atomic E-state index is 0.938. The van der Waals surface area contributed by atoms with Gasteiger partial charge < -0.3 is 4.84 Å². The molecule has 0 saturated carbocycles. The van der Waals surface area contributed by atoms with Gasteiger partial charge in [-0.3, -0.25) is 0 Å². The fraction of sp³-hybridized carbons (Fsp3) is 0.571. The maximum Gasteiger partial charge on any atom is 0.106 e. The monoisotopic (exact) mass is 129 g/mol. The van der Waals surface area contributed by atoms with Gasteiger partial charge in [0.05, 0.1) is 0 Å². The van der Waals surface area contributed by atoms with Crippen LogP contribution < -0.4 is 0 Å². The van der Waals surface area contributed by atoms with E-state index in [0.717, 1.165) is 6.42 Å². The number of oxime groups is 1. The first-order valence-electron chi connectivity index (χ1n) is 2.95. The number of hydrogen-bond acceptors (Lipinski definition) is 2. The molecule has 0 unspecified atom stereocenters. The molecule has 0 amide bonds. The highest BCUT2D eigenvalue weighted by Gasteiger charge is 1.59. The van der Waals surface area contributed by atoms with Gasteiger partial charge in [0.1, 0.15) is 7.11 Å². The van der Waals surface area contributed by atoms with E-state index in [1.165, 1.54) is 7.11 Å². The average molecular weight is 129 g/mol. The number of nitrogens with zero attached hydrogens (tertiary/aromatic N) is 1. The van der Waals surface area contributed by atoms with Gasteiger partial charge in [-0.2, -0.15) is 0 Å². The third-order valence-corrected chi connectivity index (χ3v) is 0.363. The summed E-state index contributed by atoms with van der Waals surface area (Å²) in [5.74, 6) is 0. The quantitative estimate of drug-likeness (QED) is 0.318. The molecule has 0 heterocycles. The van der Waals surface area contributed by atoms with E-state index in [1.807, 2.05) is 13.8 Å². The van der Waals surface area contributed by atoms with Crippen molar-refractivity contribution in [1.82, 2.24) is 0 Å². The van der Waals surface area contributed by atoms with Gasteiger partial charge in [0.25, 0.3) is 0 Å². The molecule has 0 spiro atoms. The summed E-state index contributed by atoms with van der Waals surface area (Å²) in [5.41, 5.74) is 0. The normalized spacial score (nSPS) is 7.89. The van der Waals surface area contributed by atoms with Crippen molar-refractivity contribution in [3.05, 3.63) is 12.7 Å². The molecule has 2 nitrogen and oxygen atoms in total. The van der Waals surface area contributed by atoms with E-state index >= 15 is 0 Å². The second-order valence-electron chi connectivity index (χ2n) is 1.29. The first kappa shape index (κ1) is 11.1. The largest absolute Gasteiger partial charge is 0.399 e. The van der Waals surface area contributed by atoms with Crippen LogP contribution in [0.2, 0.25) is 0 Å². The van der Waals surface area contributed by atoms with Crippen molar-refractivity contribution < 1.29 is 4.84 Å². The van der Waals surface area contributed by atoms with Gasteiger partial charge in [0, 0.05) is 6.21 Å². The predicted molar refractivity (Wildman–Crippen MR) is 41.7 cm³/mol. The van der Waals surface area contributed by atoms with E-state index in [0.29, 0.717) is 0 Å². The summed E-state index contributed by atoms with van der Waals surface area (Å²) in [6, 6.07) is 0. The van der Waals surface area contributed by atoms with Gasteiger partial charge in [-0.1, -0.05) is 18.2 Å². The Kier molecular flexibility index (Phi) is 19.3. The Morgan fingerprint density at radius 2 is 2.11 bits per heavy atom. The zero-order valence-electron chi connectivity index (χ0n) is 6.42. The molecular weight excluding hydrogens is 114 g/mol. The molecule has 0 rings (SSSR count). The van der Waals surface area contributed by atoms with E-state index in [4.69, 9.17) is 0 Å². The Morgan fingerprint density at radius 3 is 2.22 bits per heavy atom. The van der Waals surface area contributed by atoms with Crippen LogP contribution in [-0.4, -0.2) is 13.3 Å². The molecular formula is C7H15NO. The fourth-order valence-corrected chi connectivity index (χ4v) is 0.149. The Labute approximate surface area is 57.2 Å². The average Bonchev–Trinajstić information content (AvgIpc) is 1.86. The molecule has 0 aliphatic heterocycles. The van der Waals surface area contributed by atoms with Crippen molar-refractivity contribution in [3.8, 4) is 0 Å². The van der Waals surface area contributed by atoms with Gasteiger partial charge in [-0.15, -0.1) is 6.58 Å². The molecule has 0 aromatic heterocycles. The Balaban J connectivity index is 0. The van der Waals surface area contributed by atoms with Crippen LogP contribution in [0, 0.1) is 0 Å². The minimum atomic E-state index is 0.938. The highest BCUT2D eigenvalue weighted by Crippen LogP contribution is 1.67. The van der Waals surface area contributed by atoms with Crippen molar-refractivity contribution in [3.63, 3.8) is 0 Å². The zero-order chi connectivity index (χ0) is 7.54. The summed E-state index contributed by atoms with van der Waals surface area (Å²) in [5, 5.41) is 3.47. The summed E-state index contributed by atoms with van der Waals surface area (Å²) in [6.07, 6.45) is 4.40. The number of rotatable bonds is 2. The van der Waals surface area contributed by atoms with Crippen LogP contribution in [0.5, 0.6) is 0 Å². The molecule has 0 fully saturated rings. The van der Waals surface area contributed by atoms with Gasteiger partial charge in [-0.05, 0) is 13.3 Å². The molecule has 0 aromatic carbocycles. The first-order valence-corrected chi connectivity index (χ1v) is 2.95. The topological polar surface area (TPSA) is 21.6 Å². The smallest absolute Gasteiger partial charge is 0.106 e. The molecule has 0 N–H and O–H groups in total. The lowest BCUT2D eigenvalue weighted by Gasteiger charge is -1.78. The van der Waals surface area contributed by atoms with Crippen molar-refractivity contribution in [2.45, 2.75) is 20.3 Å². The van der Waals surface area contributed by atoms with E-state index in [-0.39, 0.29) is 0 Å². The van der Waals surface area contributed by atoms with Crippen LogP contribution >= 0.6 is 0 Å². The molecule has 0 radical (unpaired) electrons. The van der Waals surface area contributed by atoms with E-state index in [1.54, 1.807) is 12.3 Å².